The van der Waals surface area contributed by atoms with Crippen LogP contribution < -0.4 is 11.1 Å². The molecule has 188 valence electrons. The predicted molar refractivity (Wildman–Crippen MR) is 152 cm³/mol. The van der Waals surface area contributed by atoms with Crippen LogP contribution in [0.4, 0.5) is 0 Å². The first kappa shape index (κ1) is 23.7. The lowest BCUT2D eigenvalue weighted by Crippen LogP contribution is -2.38. The number of rotatable bonds is 8. The number of hydrogen-bond acceptors (Lipinski definition) is 3. The van der Waals surface area contributed by atoms with Crippen molar-refractivity contribution in [2.75, 3.05) is 0 Å². The second-order valence-corrected chi connectivity index (χ2v) is 9.46. The molecule has 6 aromatic rings. The molecule has 6 rings (SSSR count). The van der Waals surface area contributed by atoms with Crippen LogP contribution in [0.5, 0.6) is 0 Å². The van der Waals surface area contributed by atoms with Crippen LogP contribution in [0, 0.1) is 0 Å². The van der Waals surface area contributed by atoms with Gasteiger partial charge in [-0.15, -0.1) is 0 Å². The monoisotopic (exact) mass is 500 g/mol. The summed E-state index contributed by atoms with van der Waals surface area (Å²) in [6, 6.07) is 35.0. The van der Waals surface area contributed by atoms with E-state index in [2.05, 4.69) is 34.9 Å². The standard InChI is InChI=1S/C32H28N4O2/c37-31-26-17-7-8-18-27(26)32(38)36(25-15-5-2-6-16-25)35(31)22-12-11-21-34-29-20-10-9-19-28(29)33-30(34)23-24-13-3-1-4-14-24/h1-10,13-20H,11-12,21-23H2. The number of fused-ring (bicyclic) bond motifs is 2. The highest BCUT2D eigenvalue weighted by Gasteiger charge is 2.15. The highest BCUT2D eigenvalue weighted by molar-refractivity contribution is 5.80. The van der Waals surface area contributed by atoms with Crippen molar-refractivity contribution in [3.63, 3.8) is 0 Å². The van der Waals surface area contributed by atoms with E-state index < -0.39 is 0 Å². The van der Waals surface area contributed by atoms with Gasteiger partial charge in [0.2, 0.25) is 0 Å². The molecule has 0 saturated heterocycles. The van der Waals surface area contributed by atoms with Crippen molar-refractivity contribution in [3.8, 4) is 5.69 Å². The zero-order valence-electron chi connectivity index (χ0n) is 21.0. The van der Waals surface area contributed by atoms with E-state index in [1.165, 1.54) is 10.2 Å². The third-order valence-electron chi connectivity index (χ3n) is 7.00. The van der Waals surface area contributed by atoms with Gasteiger partial charge in [-0.25, -0.2) is 14.3 Å². The van der Waals surface area contributed by atoms with Gasteiger partial charge < -0.3 is 4.57 Å². The van der Waals surface area contributed by atoms with E-state index in [0.717, 1.165) is 42.7 Å². The van der Waals surface area contributed by atoms with Crippen LogP contribution in [0.3, 0.4) is 0 Å². The highest BCUT2D eigenvalue weighted by atomic mass is 16.2. The van der Waals surface area contributed by atoms with Crippen LogP contribution in [-0.4, -0.2) is 18.9 Å². The molecule has 0 spiro atoms. The number of unbranched alkanes of at least 4 members (excludes halogenated alkanes) is 1. The molecule has 0 aliphatic heterocycles. The molecule has 0 unspecified atom stereocenters. The van der Waals surface area contributed by atoms with Crippen molar-refractivity contribution in [2.24, 2.45) is 0 Å². The third kappa shape index (κ3) is 4.45. The first-order valence-electron chi connectivity index (χ1n) is 13.0. The molecular formula is C32H28N4O2. The second kappa shape index (κ2) is 10.3. The number of aryl methyl sites for hydroxylation is 1. The molecule has 0 aliphatic rings. The largest absolute Gasteiger partial charge is 0.328 e. The number of imidazole rings is 1. The summed E-state index contributed by atoms with van der Waals surface area (Å²) in [7, 11) is 0. The Morgan fingerprint density at radius 1 is 0.605 bits per heavy atom. The lowest BCUT2D eigenvalue weighted by atomic mass is 10.1. The smallest absolute Gasteiger partial charge is 0.278 e. The lowest BCUT2D eigenvalue weighted by molar-refractivity contribution is 0.466. The minimum atomic E-state index is -0.183. The van der Waals surface area contributed by atoms with Gasteiger partial charge in [-0.2, -0.15) is 0 Å². The average Bonchev–Trinajstić information content (AvgIpc) is 3.31. The first-order valence-corrected chi connectivity index (χ1v) is 13.0. The Labute approximate surface area is 220 Å². The Bertz CT molecular complexity index is 1830. The molecule has 38 heavy (non-hydrogen) atoms. The minimum Gasteiger partial charge on any atom is -0.328 e. The maximum Gasteiger partial charge on any atom is 0.278 e. The summed E-state index contributed by atoms with van der Waals surface area (Å²) in [4.78, 5) is 31.9. The van der Waals surface area contributed by atoms with Crippen LogP contribution in [0.25, 0.3) is 27.5 Å². The maximum atomic E-state index is 13.5. The fourth-order valence-electron chi connectivity index (χ4n) is 5.16. The van der Waals surface area contributed by atoms with Gasteiger partial charge in [0.05, 0.1) is 27.5 Å². The molecule has 0 saturated carbocycles. The van der Waals surface area contributed by atoms with Crippen molar-refractivity contribution >= 4 is 21.8 Å². The highest BCUT2D eigenvalue weighted by Crippen LogP contribution is 2.20. The molecule has 0 aliphatic carbocycles. The second-order valence-electron chi connectivity index (χ2n) is 9.46. The summed E-state index contributed by atoms with van der Waals surface area (Å²) in [5.74, 6) is 1.03. The molecule has 6 nitrogen and oxygen atoms in total. The zero-order valence-corrected chi connectivity index (χ0v) is 21.0. The van der Waals surface area contributed by atoms with Gasteiger partial charge in [0.1, 0.15) is 5.82 Å². The quantitative estimate of drug-likeness (QED) is 0.257. The summed E-state index contributed by atoms with van der Waals surface area (Å²) in [5.41, 5.74) is 3.67. The Kier molecular flexibility index (Phi) is 6.44. The topological polar surface area (TPSA) is 61.8 Å². The Hall–Kier alpha value is -4.71. The van der Waals surface area contributed by atoms with Gasteiger partial charge in [-0.05, 0) is 54.8 Å². The molecule has 0 bridgehead atoms. The normalized spacial score (nSPS) is 11.4. The molecule has 0 N–H and O–H groups in total. The average molecular weight is 501 g/mol. The number of aromatic nitrogens is 4. The summed E-state index contributed by atoms with van der Waals surface area (Å²) in [6.07, 6.45) is 2.33. The van der Waals surface area contributed by atoms with Gasteiger partial charge >= 0.3 is 0 Å². The summed E-state index contributed by atoms with van der Waals surface area (Å²) < 4.78 is 5.41. The van der Waals surface area contributed by atoms with Gasteiger partial charge in [0, 0.05) is 19.5 Å². The van der Waals surface area contributed by atoms with Gasteiger partial charge in [-0.3, -0.25) is 9.59 Å². The van der Waals surface area contributed by atoms with Crippen molar-refractivity contribution in [1.82, 2.24) is 18.9 Å². The third-order valence-corrected chi connectivity index (χ3v) is 7.00. The maximum absolute atomic E-state index is 13.5. The zero-order chi connectivity index (χ0) is 25.9. The van der Waals surface area contributed by atoms with E-state index in [4.69, 9.17) is 4.98 Å². The molecule has 0 fully saturated rings. The van der Waals surface area contributed by atoms with Crippen molar-refractivity contribution in [3.05, 3.63) is 141 Å². The number of para-hydroxylation sites is 3. The van der Waals surface area contributed by atoms with E-state index in [1.54, 1.807) is 28.9 Å². The summed E-state index contributed by atoms with van der Waals surface area (Å²) in [5, 5.41) is 0.892. The SMILES string of the molecule is O=c1c2ccccc2c(=O)n(-c2ccccc2)n1CCCCn1c(Cc2ccccc2)nc2ccccc21. The molecule has 2 aromatic heterocycles. The molecule has 0 amide bonds. The van der Waals surface area contributed by atoms with Crippen LogP contribution in [0.1, 0.15) is 24.2 Å². The number of hydrogen-bond donors (Lipinski definition) is 0. The fraction of sp³-hybridized carbons (Fsp3) is 0.156. The number of benzene rings is 4. The van der Waals surface area contributed by atoms with Crippen molar-refractivity contribution in [2.45, 2.75) is 32.4 Å². The first-order chi connectivity index (χ1) is 18.7. The van der Waals surface area contributed by atoms with E-state index >= 15 is 0 Å². The number of nitrogens with zero attached hydrogens (tertiary/aromatic N) is 4. The molecule has 0 radical (unpaired) electrons. The van der Waals surface area contributed by atoms with Gasteiger partial charge in [0.25, 0.3) is 11.1 Å². The summed E-state index contributed by atoms with van der Waals surface area (Å²) in [6.45, 7) is 1.22. The molecule has 4 aromatic carbocycles. The van der Waals surface area contributed by atoms with Crippen LogP contribution in [0.15, 0.2) is 119 Å². The van der Waals surface area contributed by atoms with Crippen molar-refractivity contribution < 1.29 is 0 Å². The van der Waals surface area contributed by atoms with Crippen LogP contribution in [-0.2, 0) is 19.5 Å². The van der Waals surface area contributed by atoms with E-state index in [-0.39, 0.29) is 11.1 Å². The van der Waals surface area contributed by atoms with Crippen LogP contribution >= 0.6 is 0 Å². The van der Waals surface area contributed by atoms with Gasteiger partial charge in [0.15, 0.2) is 0 Å². The summed E-state index contributed by atoms with van der Waals surface area (Å²) >= 11 is 0. The van der Waals surface area contributed by atoms with E-state index in [0.29, 0.717) is 23.0 Å². The minimum absolute atomic E-state index is 0.151. The van der Waals surface area contributed by atoms with Gasteiger partial charge in [-0.1, -0.05) is 72.8 Å². The predicted octanol–water partition coefficient (Wildman–Crippen LogP) is 5.57. The van der Waals surface area contributed by atoms with Crippen molar-refractivity contribution in [1.29, 1.82) is 0 Å². The molecule has 2 heterocycles. The lowest BCUT2D eigenvalue weighted by Gasteiger charge is -2.17. The molecule has 6 heteroatoms. The van der Waals surface area contributed by atoms with E-state index in [1.807, 2.05) is 54.6 Å². The molecular weight excluding hydrogens is 472 g/mol. The Morgan fingerprint density at radius 2 is 1.21 bits per heavy atom. The van der Waals surface area contributed by atoms with Crippen LogP contribution in [0.2, 0.25) is 0 Å². The Morgan fingerprint density at radius 3 is 1.97 bits per heavy atom. The fourth-order valence-corrected chi connectivity index (χ4v) is 5.16. The Balaban J connectivity index is 1.30. The molecule has 0 atom stereocenters. The van der Waals surface area contributed by atoms with E-state index in [9.17, 15) is 9.59 Å².